The zero-order valence-electron chi connectivity index (χ0n) is 8.40. The van der Waals surface area contributed by atoms with Crippen LogP contribution in [-0.2, 0) is 11.2 Å². The van der Waals surface area contributed by atoms with Gasteiger partial charge < -0.3 is 11.5 Å². The maximum atomic E-state index is 10.8. The number of nitrogens with two attached hydrogens (primary N) is 2. The molecule has 0 aliphatic rings. The van der Waals surface area contributed by atoms with Crippen LogP contribution in [0.1, 0.15) is 28.8 Å². The lowest BCUT2D eigenvalue weighted by Crippen LogP contribution is -2.16. The van der Waals surface area contributed by atoms with E-state index >= 15 is 0 Å². The molecule has 1 aromatic rings. The van der Waals surface area contributed by atoms with Crippen LogP contribution < -0.4 is 11.5 Å². The first-order valence-corrected chi connectivity index (χ1v) is 5.39. The van der Waals surface area contributed by atoms with E-state index < -0.39 is 5.91 Å². The van der Waals surface area contributed by atoms with Gasteiger partial charge in [-0.1, -0.05) is 6.92 Å². The maximum Gasteiger partial charge on any atom is 0.268 e. The Morgan fingerprint density at radius 3 is 2.67 bits per heavy atom. The van der Waals surface area contributed by atoms with E-state index in [-0.39, 0.29) is 17.5 Å². The Hall–Kier alpha value is -1.43. The lowest BCUT2D eigenvalue weighted by Gasteiger charge is -2.05. The summed E-state index contributed by atoms with van der Waals surface area (Å²) in [5.74, 6) is -0.719. The first kappa shape index (κ1) is 11.6. The number of hydrogen-bond donors (Lipinski definition) is 2. The van der Waals surface area contributed by atoms with Crippen LogP contribution in [0.2, 0.25) is 0 Å². The SMILES string of the molecule is C[C@H](CC(N)=O)Cc1nc(C(N)=O)cs1. The van der Waals surface area contributed by atoms with Gasteiger partial charge in [-0.25, -0.2) is 4.98 Å². The largest absolute Gasteiger partial charge is 0.370 e. The summed E-state index contributed by atoms with van der Waals surface area (Å²) in [4.78, 5) is 25.5. The van der Waals surface area contributed by atoms with Crippen molar-refractivity contribution in [3.8, 4) is 0 Å². The topological polar surface area (TPSA) is 99.1 Å². The Kier molecular flexibility index (Phi) is 3.79. The van der Waals surface area contributed by atoms with Gasteiger partial charge in [0.1, 0.15) is 5.69 Å². The third kappa shape index (κ3) is 3.67. The maximum absolute atomic E-state index is 10.8. The van der Waals surface area contributed by atoms with Gasteiger partial charge in [0, 0.05) is 18.2 Å². The Morgan fingerprint density at radius 2 is 2.20 bits per heavy atom. The molecule has 0 saturated carbocycles. The predicted molar refractivity (Wildman–Crippen MR) is 57.3 cm³/mol. The van der Waals surface area contributed by atoms with Gasteiger partial charge in [0.25, 0.3) is 5.91 Å². The summed E-state index contributed by atoms with van der Waals surface area (Å²) < 4.78 is 0. The van der Waals surface area contributed by atoms with Crippen molar-refractivity contribution >= 4 is 23.2 Å². The van der Waals surface area contributed by atoms with Crippen molar-refractivity contribution in [2.45, 2.75) is 19.8 Å². The summed E-state index contributed by atoms with van der Waals surface area (Å²) in [7, 11) is 0. The van der Waals surface area contributed by atoms with E-state index in [1.807, 2.05) is 6.92 Å². The van der Waals surface area contributed by atoms with Crippen LogP contribution in [0.15, 0.2) is 5.38 Å². The van der Waals surface area contributed by atoms with Gasteiger partial charge >= 0.3 is 0 Å². The third-order valence-electron chi connectivity index (χ3n) is 1.88. The van der Waals surface area contributed by atoms with Crippen LogP contribution in [0.4, 0.5) is 0 Å². The monoisotopic (exact) mass is 227 g/mol. The average molecular weight is 227 g/mol. The van der Waals surface area contributed by atoms with Crippen molar-refractivity contribution in [1.82, 2.24) is 4.98 Å². The van der Waals surface area contributed by atoms with Crippen molar-refractivity contribution < 1.29 is 9.59 Å². The molecule has 4 N–H and O–H groups in total. The van der Waals surface area contributed by atoms with Gasteiger partial charge in [0.15, 0.2) is 0 Å². The Morgan fingerprint density at radius 1 is 1.53 bits per heavy atom. The molecule has 1 atom stereocenters. The number of primary amides is 2. The molecule has 15 heavy (non-hydrogen) atoms. The number of thiazole rings is 1. The van der Waals surface area contributed by atoms with E-state index in [1.54, 1.807) is 5.38 Å². The molecule has 0 radical (unpaired) electrons. The fraction of sp³-hybridized carbons (Fsp3) is 0.444. The third-order valence-corrected chi connectivity index (χ3v) is 2.75. The number of aromatic nitrogens is 1. The number of hydrogen-bond acceptors (Lipinski definition) is 4. The highest BCUT2D eigenvalue weighted by atomic mass is 32.1. The summed E-state index contributed by atoms with van der Waals surface area (Å²) >= 11 is 1.37. The molecule has 5 nitrogen and oxygen atoms in total. The highest BCUT2D eigenvalue weighted by molar-refractivity contribution is 7.09. The zero-order chi connectivity index (χ0) is 11.4. The molecule has 0 saturated heterocycles. The van der Waals surface area contributed by atoms with Gasteiger partial charge in [-0.05, 0) is 5.92 Å². The summed E-state index contributed by atoms with van der Waals surface area (Å²) in [6.45, 7) is 1.91. The molecular formula is C9H13N3O2S. The molecule has 0 aromatic carbocycles. The van der Waals surface area contributed by atoms with Crippen LogP contribution in [-0.4, -0.2) is 16.8 Å². The number of amides is 2. The van der Waals surface area contributed by atoms with E-state index in [2.05, 4.69) is 4.98 Å². The standard InChI is InChI=1S/C9H13N3O2S/c1-5(2-7(10)13)3-8-12-6(4-15-8)9(11)14/h4-5H,2-3H2,1H3,(H2,10,13)(H2,11,14)/t5-/m1/s1. The van der Waals surface area contributed by atoms with Crippen LogP contribution >= 0.6 is 11.3 Å². The van der Waals surface area contributed by atoms with E-state index in [9.17, 15) is 9.59 Å². The fourth-order valence-electron chi connectivity index (χ4n) is 1.23. The molecule has 0 unspecified atom stereocenters. The van der Waals surface area contributed by atoms with Crippen molar-refractivity contribution in [2.24, 2.45) is 17.4 Å². The fourth-order valence-corrected chi connectivity index (χ4v) is 2.18. The second-order valence-electron chi connectivity index (χ2n) is 3.47. The lowest BCUT2D eigenvalue weighted by atomic mass is 10.0. The zero-order valence-corrected chi connectivity index (χ0v) is 9.21. The van der Waals surface area contributed by atoms with E-state index in [1.165, 1.54) is 11.3 Å². The van der Waals surface area contributed by atoms with Crippen LogP contribution in [0, 0.1) is 5.92 Å². The second-order valence-corrected chi connectivity index (χ2v) is 4.41. The molecule has 0 bridgehead atoms. The molecular weight excluding hydrogens is 214 g/mol. The predicted octanol–water partition coefficient (Wildman–Crippen LogP) is 0.296. The number of carbonyl (C=O) groups is 2. The molecule has 0 aliphatic heterocycles. The smallest absolute Gasteiger partial charge is 0.268 e. The van der Waals surface area contributed by atoms with Gasteiger partial charge in [-0.3, -0.25) is 9.59 Å². The van der Waals surface area contributed by atoms with E-state index in [0.29, 0.717) is 12.8 Å². The van der Waals surface area contributed by atoms with Gasteiger partial charge in [0.05, 0.1) is 5.01 Å². The first-order chi connectivity index (χ1) is 6.99. The molecule has 2 amide bonds. The highest BCUT2D eigenvalue weighted by Gasteiger charge is 2.11. The van der Waals surface area contributed by atoms with Crippen molar-refractivity contribution in [1.29, 1.82) is 0 Å². The van der Waals surface area contributed by atoms with Crippen LogP contribution in [0.25, 0.3) is 0 Å². The van der Waals surface area contributed by atoms with Gasteiger partial charge in [-0.15, -0.1) is 11.3 Å². The molecule has 0 fully saturated rings. The normalized spacial score (nSPS) is 12.3. The lowest BCUT2D eigenvalue weighted by molar-refractivity contribution is -0.118. The molecule has 0 spiro atoms. The summed E-state index contributed by atoms with van der Waals surface area (Å²) in [6, 6.07) is 0. The molecule has 6 heteroatoms. The molecule has 1 rings (SSSR count). The molecule has 1 heterocycles. The summed E-state index contributed by atoms with van der Waals surface area (Å²) in [6.07, 6.45) is 0.965. The van der Waals surface area contributed by atoms with Crippen LogP contribution in [0.3, 0.4) is 0 Å². The van der Waals surface area contributed by atoms with Gasteiger partial charge in [0.2, 0.25) is 5.91 Å². The Labute approximate surface area is 91.5 Å². The van der Waals surface area contributed by atoms with E-state index in [4.69, 9.17) is 11.5 Å². The number of nitrogens with zero attached hydrogens (tertiary/aromatic N) is 1. The molecule has 82 valence electrons. The Bertz CT molecular complexity index is 375. The quantitative estimate of drug-likeness (QED) is 0.756. The Balaban J connectivity index is 2.57. The average Bonchev–Trinajstić information content (AvgIpc) is 2.50. The highest BCUT2D eigenvalue weighted by Crippen LogP contribution is 2.15. The first-order valence-electron chi connectivity index (χ1n) is 4.51. The minimum atomic E-state index is -0.528. The minimum Gasteiger partial charge on any atom is -0.370 e. The molecule has 0 aliphatic carbocycles. The van der Waals surface area contributed by atoms with E-state index in [0.717, 1.165) is 5.01 Å². The summed E-state index contributed by atoms with van der Waals surface area (Å²) in [5.41, 5.74) is 10.4. The second kappa shape index (κ2) is 4.88. The molecule has 1 aromatic heterocycles. The summed E-state index contributed by atoms with van der Waals surface area (Å²) in [5, 5.41) is 2.42. The van der Waals surface area contributed by atoms with Gasteiger partial charge in [-0.2, -0.15) is 0 Å². The van der Waals surface area contributed by atoms with Crippen molar-refractivity contribution in [2.75, 3.05) is 0 Å². The van der Waals surface area contributed by atoms with Crippen molar-refractivity contribution in [3.63, 3.8) is 0 Å². The number of carbonyl (C=O) groups excluding carboxylic acids is 2. The minimum absolute atomic E-state index is 0.134. The van der Waals surface area contributed by atoms with Crippen LogP contribution in [0.5, 0.6) is 0 Å². The van der Waals surface area contributed by atoms with Crippen molar-refractivity contribution in [3.05, 3.63) is 16.1 Å². The number of rotatable bonds is 5.